The summed E-state index contributed by atoms with van der Waals surface area (Å²) < 4.78 is 0. The van der Waals surface area contributed by atoms with Crippen molar-refractivity contribution in [3.8, 4) is 0 Å². The van der Waals surface area contributed by atoms with E-state index in [4.69, 9.17) is 5.11 Å². The summed E-state index contributed by atoms with van der Waals surface area (Å²) in [5, 5.41) is 11.9. The molecular formula is C12H23NO2S. The van der Waals surface area contributed by atoms with Gasteiger partial charge in [-0.05, 0) is 25.0 Å². The zero-order chi connectivity index (χ0) is 11.8. The van der Waals surface area contributed by atoms with Gasteiger partial charge >= 0.3 is 0 Å². The molecule has 0 heterocycles. The first kappa shape index (κ1) is 13.8. The number of aliphatic hydroxyl groups is 1. The van der Waals surface area contributed by atoms with E-state index < -0.39 is 0 Å². The summed E-state index contributed by atoms with van der Waals surface area (Å²) in [6, 6.07) is 0.133. The van der Waals surface area contributed by atoms with Crippen molar-refractivity contribution in [2.24, 2.45) is 5.92 Å². The highest BCUT2D eigenvalue weighted by atomic mass is 32.2. The third-order valence-corrected chi connectivity index (χ3v) is 3.95. The molecule has 1 unspecified atom stereocenters. The molecular weight excluding hydrogens is 222 g/mol. The Morgan fingerprint density at radius 3 is 2.81 bits per heavy atom. The maximum Gasteiger partial charge on any atom is 0.220 e. The van der Waals surface area contributed by atoms with Crippen molar-refractivity contribution in [3.05, 3.63) is 0 Å². The molecule has 1 aliphatic carbocycles. The largest absolute Gasteiger partial charge is 0.396 e. The molecule has 1 fully saturated rings. The number of aliphatic hydroxyl groups excluding tert-OH is 1. The lowest BCUT2D eigenvalue weighted by atomic mass is 9.82. The van der Waals surface area contributed by atoms with Gasteiger partial charge in [0.2, 0.25) is 5.91 Å². The molecule has 0 aromatic rings. The van der Waals surface area contributed by atoms with E-state index in [0.717, 1.165) is 18.1 Å². The minimum absolute atomic E-state index is 0.133. The van der Waals surface area contributed by atoms with Crippen molar-refractivity contribution >= 4 is 17.7 Å². The quantitative estimate of drug-likeness (QED) is 0.685. The van der Waals surface area contributed by atoms with Crippen LogP contribution in [-0.4, -0.2) is 35.7 Å². The number of nitrogens with one attached hydrogen (secondary N) is 1. The van der Waals surface area contributed by atoms with Crippen LogP contribution >= 0.6 is 11.8 Å². The average Bonchev–Trinajstić information content (AvgIpc) is 2.16. The Hall–Kier alpha value is -0.220. The summed E-state index contributed by atoms with van der Waals surface area (Å²) in [5.41, 5.74) is 0. The molecule has 4 heteroatoms. The zero-order valence-corrected chi connectivity index (χ0v) is 10.9. The Morgan fingerprint density at radius 2 is 2.31 bits per heavy atom. The normalized spacial score (nSPS) is 17.9. The highest BCUT2D eigenvalue weighted by molar-refractivity contribution is 7.98. The second kappa shape index (κ2) is 7.96. The first-order valence-corrected chi connectivity index (χ1v) is 7.54. The number of amides is 1. The second-order valence-corrected chi connectivity index (χ2v) is 5.48. The Morgan fingerprint density at radius 1 is 1.56 bits per heavy atom. The van der Waals surface area contributed by atoms with Gasteiger partial charge in [-0.2, -0.15) is 11.8 Å². The summed E-state index contributed by atoms with van der Waals surface area (Å²) in [7, 11) is 0. The molecule has 0 aromatic carbocycles. The van der Waals surface area contributed by atoms with Gasteiger partial charge in [0, 0.05) is 24.8 Å². The molecule has 1 aliphatic rings. The maximum absolute atomic E-state index is 11.6. The van der Waals surface area contributed by atoms with Crippen LogP contribution in [0.5, 0.6) is 0 Å². The Balaban J connectivity index is 2.13. The summed E-state index contributed by atoms with van der Waals surface area (Å²) in [5.74, 6) is 1.83. The van der Waals surface area contributed by atoms with E-state index >= 15 is 0 Å². The van der Waals surface area contributed by atoms with Gasteiger partial charge in [-0.25, -0.2) is 0 Å². The number of carbonyl (C=O) groups excluding carboxylic acids is 1. The first-order chi connectivity index (χ1) is 7.76. The third kappa shape index (κ3) is 5.21. The third-order valence-electron chi connectivity index (χ3n) is 3.21. The maximum atomic E-state index is 11.6. The molecule has 1 atom stereocenters. The predicted molar refractivity (Wildman–Crippen MR) is 68.6 cm³/mol. The van der Waals surface area contributed by atoms with Crippen LogP contribution in [0.25, 0.3) is 0 Å². The van der Waals surface area contributed by atoms with Crippen molar-refractivity contribution in [2.75, 3.05) is 18.6 Å². The van der Waals surface area contributed by atoms with Crippen LogP contribution in [0.4, 0.5) is 0 Å². The number of carbonyl (C=O) groups is 1. The Labute approximate surface area is 102 Å². The smallest absolute Gasteiger partial charge is 0.220 e. The fourth-order valence-corrected chi connectivity index (χ4v) is 2.62. The molecule has 16 heavy (non-hydrogen) atoms. The first-order valence-electron chi connectivity index (χ1n) is 6.15. The minimum Gasteiger partial charge on any atom is -0.396 e. The van der Waals surface area contributed by atoms with Crippen molar-refractivity contribution < 1.29 is 9.90 Å². The molecule has 1 amide bonds. The summed E-state index contributed by atoms with van der Waals surface area (Å²) in [4.78, 5) is 11.6. The predicted octanol–water partition coefficient (Wildman–Crippen LogP) is 1.80. The van der Waals surface area contributed by atoms with Crippen LogP contribution in [0.1, 0.15) is 38.5 Å². The Bertz CT molecular complexity index is 201. The van der Waals surface area contributed by atoms with Gasteiger partial charge in [0.05, 0.1) is 0 Å². The van der Waals surface area contributed by atoms with E-state index in [1.165, 1.54) is 19.3 Å². The number of hydrogen-bond donors (Lipinski definition) is 2. The highest BCUT2D eigenvalue weighted by Crippen LogP contribution is 2.30. The van der Waals surface area contributed by atoms with E-state index in [2.05, 4.69) is 5.32 Å². The second-order valence-electron chi connectivity index (χ2n) is 4.57. The molecule has 0 spiro atoms. The van der Waals surface area contributed by atoms with Gasteiger partial charge in [-0.1, -0.05) is 19.3 Å². The fraction of sp³-hybridized carbons (Fsp3) is 0.917. The van der Waals surface area contributed by atoms with Gasteiger partial charge in [-0.3, -0.25) is 4.79 Å². The van der Waals surface area contributed by atoms with E-state index in [-0.39, 0.29) is 18.6 Å². The standard InChI is InChI=1S/C12H23NO2S/c1-16-9-11(7-8-14)13-12(15)6-5-10-3-2-4-10/h10-11,14H,2-9H2,1H3,(H,13,15). The minimum atomic E-state index is 0.133. The van der Waals surface area contributed by atoms with Gasteiger partial charge in [-0.15, -0.1) is 0 Å². The lowest BCUT2D eigenvalue weighted by Gasteiger charge is -2.25. The summed E-state index contributed by atoms with van der Waals surface area (Å²) >= 11 is 1.71. The van der Waals surface area contributed by atoms with Crippen LogP contribution in [-0.2, 0) is 4.79 Å². The number of rotatable bonds is 8. The summed E-state index contributed by atoms with van der Waals surface area (Å²) in [6.45, 7) is 0.147. The van der Waals surface area contributed by atoms with Gasteiger partial charge in [0.1, 0.15) is 0 Å². The van der Waals surface area contributed by atoms with E-state index in [0.29, 0.717) is 12.8 Å². The van der Waals surface area contributed by atoms with Crippen LogP contribution in [0.2, 0.25) is 0 Å². The SMILES string of the molecule is CSCC(CCO)NC(=O)CCC1CCC1. The molecule has 0 aromatic heterocycles. The van der Waals surface area contributed by atoms with Crippen molar-refractivity contribution in [1.29, 1.82) is 0 Å². The van der Waals surface area contributed by atoms with Crippen LogP contribution in [0.15, 0.2) is 0 Å². The fourth-order valence-electron chi connectivity index (χ4n) is 1.97. The molecule has 1 saturated carbocycles. The lowest BCUT2D eigenvalue weighted by Crippen LogP contribution is -2.37. The molecule has 0 aliphatic heterocycles. The lowest BCUT2D eigenvalue weighted by molar-refractivity contribution is -0.122. The molecule has 94 valence electrons. The average molecular weight is 245 g/mol. The topological polar surface area (TPSA) is 49.3 Å². The van der Waals surface area contributed by atoms with E-state index in [1.54, 1.807) is 11.8 Å². The van der Waals surface area contributed by atoms with Crippen molar-refractivity contribution in [2.45, 2.75) is 44.6 Å². The Kier molecular flexibility index (Phi) is 6.88. The zero-order valence-electron chi connectivity index (χ0n) is 10.1. The van der Waals surface area contributed by atoms with Crippen LogP contribution in [0.3, 0.4) is 0 Å². The molecule has 3 nitrogen and oxygen atoms in total. The van der Waals surface area contributed by atoms with E-state index in [1.807, 2.05) is 6.26 Å². The van der Waals surface area contributed by atoms with Gasteiger partial charge in [0.25, 0.3) is 0 Å². The van der Waals surface area contributed by atoms with Crippen LogP contribution < -0.4 is 5.32 Å². The highest BCUT2D eigenvalue weighted by Gasteiger charge is 2.19. The van der Waals surface area contributed by atoms with E-state index in [9.17, 15) is 4.79 Å². The van der Waals surface area contributed by atoms with Crippen LogP contribution in [0, 0.1) is 5.92 Å². The van der Waals surface area contributed by atoms with Crippen molar-refractivity contribution in [1.82, 2.24) is 5.32 Å². The molecule has 0 bridgehead atoms. The molecule has 1 rings (SSSR count). The monoisotopic (exact) mass is 245 g/mol. The number of thioether (sulfide) groups is 1. The molecule has 0 saturated heterocycles. The molecule has 2 N–H and O–H groups in total. The van der Waals surface area contributed by atoms with Gasteiger partial charge in [0.15, 0.2) is 0 Å². The van der Waals surface area contributed by atoms with Gasteiger partial charge < -0.3 is 10.4 Å². The van der Waals surface area contributed by atoms with Crippen molar-refractivity contribution in [3.63, 3.8) is 0 Å². The summed E-state index contributed by atoms with van der Waals surface area (Å²) in [6.07, 6.45) is 8.32. The number of hydrogen-bond acceptors (Lipinski definition) is 3. The molecule has 0 radical (unpaired) electrons.